The van der Waals surface area contributed by atoms with Gasteiger partial charge in [-0.3, -0.25) is 0 Å². The average Bonchev–Trinajstić information content (AvgIpc) is 2.40. The van der Waals surface area contributed by atoms with Crippen LogP contribution in [0.4, 0.5) is 0 Å². The average molecular weight is 145 g/mol. The molecule has 3 nitrogen and oxygen atoms in total. The zero-order valence-electron chi connectivity index (χ0n) is 7.22. The molecule has 0 saturated carbocycles. The molecule has 0 aromatic heterocycles. The van der Waals surface area contributed by atoms with Crippen LogP contribution in [-0.2, 0) is 4.74 Å². The van der Waals surface area contributed by atoms with Gasteiger partial charge in [-0.1, -0.05) is 0 Å². The molecule has 1 unspecified atom stereocenters. The van der Waals surface area contributed by atoms with E-state index in [4.69, 9.17) is 4.74 Å². The molecule has 1 fully saturated rings. The first-order valence-corrected chi connectivity index (χ1v) is 3.68. The van der Waals surface area contributed by atoms with Gasteiger partial charge in [0.05, 0.1) is 27.2 Å². The lowest BCUT2D eigenvalue weighted by molar-refractivity contribution is -0.873. The highest BCUT2D eigenvalue weighted by Gasteiger charge is 2.34. The van der Waals surface area contributed by atoms with Crippen LogP contribution in [-0.4, -0.2) is 44.6 Å². The van der Waals surface area contributed by atoms with Gasteiger partial charge in [-0.15, -0.1) is 0 Å². The van der Waals surface area contributed by atoms with Gasteiger partial charge in [0.2, 0.25) is 0 Å². The van der Waals surface area contributed by atoms with Crippen LogP contribution < -0.4 is 5.32 Å². The molecular formula is C7H17N2O+. The maximum absolute atomic E-state index is 5.19. The van der Waals surface area contributed by atoms with Crippen molar-refractivity contribution in [2.24, 2.45) is 0 Å². The van der Waals surface area contributed by atoms with Gasteiger partial charge in [-0.05, 0) is 6.92 Å². The number of quaternary nitrogens is 1. The van der Waals surface area contributed by atoms with Crippen LogP contribution in [0.15, 0.2) is 0 Å². The van der Waals surface area contributed by atoms with Gasteiger partial charge < -0.3 is 9.22 Å². The number of nitrogens with one attached hydrogen (secondary N) is 1. The summed E-state index contributed by atoms with van der Waals surface area (Å²) >= 11 is 0. The second kappa shape index (κ2) is 2.49. The molecule has 1 aliphatic rings. The van der Waals surface area contributed by atoms with Gasteiger partial charge in [-0.2, -0.15) is 0 Å². The number of ether oxygens (including phenoxy) is 1. The summed E-state index contributed by atoms with van der Waals surface area (Å²) in [5.41, 5.74) is 0. The van der Waals surface area contributed by atoms with Crippen molar-refractivity contribution in [2.75, 3.05) is 27.8 Å². The normalized spacial score (nSPS) is 32.4. The second-order valence-corrected chi connectivity index (χ2v) is 3.91. The van der Waals surface area contributed by atoms with Crippen molar-refractivity contribution >= 4 is 0 Å². The lowest BCUT2D eigenvalue weighted by Gasteiger charge is -2.23. The zero-order valence-corrected chi connectivity index (χ0v) is 7.22. The molecule has 2 atom stereocenters. The molecule has 1 N–H and O–H groups in total. The highest BCUT2D eigenvalue weighted by Crippen LogP contribution is 2.17. The Bertz CT molecular complexity index is 119. The Morgan fingerprint density at radius 1 is 1.40 bits per heavy atom. The van der Waals surface area contributed by atoms with Gasteiger partial charge >= 0.3 is 0 Å². The summed E-state index contributed by atoms with van der Waals surface area (Å²) in [6.45, 7) is 3.04. The van der Waals surface area contributed by atoms with E-state index < -0.39 is 0 Å². The summed E-state index contributed by atoms with van der Waals surface area (Å²) in [6.07, 6.45) is 0.740. The third-order valence-corrected chi connectivity index (χ3v) is 1.48. The van der Waals surface area contributed by atoms with Crippen molar-refractivity contribution in [1.82, 2.24) is 5.32 Å². The SMILES string of the molecule is C[C@@H]1OC1NC[N+](C)(C)C. The third kappa shape index (κ3) is 2.64. The topological polar surface area (TPSA) is 24.6 Å². The third-order valence-electron chi connectivity index (χ3n) is 1.48. The summed E-state index contributed by atoms with van der Waals surface area (Å²) in [5.74, 6) is 0. The van der Waals surface area contributed by atoms with Crippen molar-refractivity contribution in [3.05, 3.63) is 0 Å². The summed E-state index contributed by atoms with van der Waals surface area (Å²) in [7, 11) is 6.46. The van der Waals surface area contributed by atoms with E-state index >= 15 is 0 Å². The Kier molecular flexibility index (Phi) is 1.99. The van der Waals surface area contributed by atoms with E-state index in [1.165, 1.54) is 0 Å². The minimum atomic E-state index is 0.317. The molecule has 1 aliphatic heterocycles. The van der Waals surface area contributed by atoms with Crippen molar-refractivity contribution in [3.63, 3.8) is 0 Å². The number of epoxide rings is 1. The van der Waals surface area contributed by atoms with Crippen LogP contribution in [0.2, 0.25) is 0 Å². The van der Waals surface area contributed by atoms with Crippen molar-refractivity contribution in [1.29, 1.82) is 0 Å². The highest BCUT2D eigenvalue weighted by molar-refractivity contribution is 4.75. The molecule has 0 aromatic carbocycles. The van der Waals surface area contributed by atoms with E-state index in [2.05, 4.69) is 33.4 Å². The van der Waals surface area contributed by atoms with Gasteiger partial charge in [0, 0.05) is 0 Å². The van der Waals surface area contributed by atoms with Crippen LogP contribution in [0, 0.1) is 0 Å². The van der Waals surface area contributed by atoms with E-state index in [0.29, 0.717) is 12.3 Å². The maximum Gasteiger partial charge on any atom is 0.139 e. The fourth-order valence-electron chi connectivity index (χ4n) is 0.764. The Hall–Kier alpha value is -0.120. The van der Waals surface area contributed by atoms with Gasteiger partial charge in [-0.25, -0.2) is 5.32 Å². The molecule has 1 saturated heterocycles. The van der Waals surface area contributed by atoms with Gasteiger partial charge in [0.1, 0.15) is 12.9 Å². The van der Waals surface area contributed by atoms with Crippen LogP contribution in [0.5, 0.6) is 0 Å². The molecule has 0 radical (unpaired) electrons. The van der Waals surface area contributed by atoms with Gasteiger partial charge in [0.25, 0.3) is 0 Å². The summed E-state index contributed by atoms with van der Waals surface area (Å²) in [4.78, 5) is 0. The minimum absolute atomic E-state index is 0.317. The lowest BCUT2D eigenvalue weighted by Crippen LogP contribution is -2.44. The number of hydrogen-bond donors (Lipinski definition) is 1. The van der Waals surface area contributed by atoms with Crippen LogP contribution >= 0.6 is 0 Å². The maximum atomic E-state index is 5.19. The van der Waals surface area contributed by atoms with Crippen molar-refractivity contribution in [3.8, 4) is 0 Å². The molecule has 0 aliphatic carbocycles. The number of rotatable bonds is 3. The molecule has 0 aromatic rings. The lowest BCUT2D eigenvalue weighted by atomic mass is 10.5. The van der Waals surface area contributed by atoms with Crippen molar-refractivity contribution in [2.45, 2.75) is 19.3 Å². The fraction of sp³-hybridized carbons (Fsp3) is 1.00. The molecule has 10 heavy (non-hydrogen) atoms. The highest BCUT2D eigenvalue weighted by atomic mass is 16.6. The number of hydrogen-bond acceptors (Lipinski definition) is 2. The standard InChI is InChI=1S/C7H17N2O/c1-6-7(10-6)8-5-9(2,3)4/h6-8H,5H2,1-4H3/q+1/t6-,7?/m0/s1. The predicted molar refractivity (Wildman–Crippen MR) is 40.4 cm³/mol. The molecular weight excluding hydrogens is 128 g/mol. The Morgan fingerprint density at radius 3 is 2.20 bits per heavy atom. The summed E-state index contributed by atoms with van der Waals surface area (Å²) < 4.78 is 6.13. The smallest absolute Gasteiger partial charge is 0.139 e. The molecule has 0 spiro atoms. The van der Waals surface area contributed by atoms with E-state index in [-0.39, 0.29) is 0 Å². The van der Waals surface area contributed by atoms with E-state index in [9.17, 15) is 0 Å². The molecule has 0 bridgehead atoms. The minimum Gasteiger partial charge on any atom is -0.353 e. The monoisotopic (exact) mass is 145 g/mol. The Morgan fingerprint density at radius 2 is 1.90 bits per heavy atom. The molecule has 3 heteroatoms. The molecule has 60 valence electrons. The number of nitrogens with zero attached hydrogens (tertiary/aromatic N) is 1. The Balaban J connectivity index is 2.06. The van der Waals surface area contributed by atoms with E-state index in [1.807, 2.05) is 0 Å². The zero-order chi connectivity index (χ0) is 7.78. The largest absolute Gasteiger partial charge is 0.353 e. The molecule has 1 rings (SSSR count). The van der Waals surface area contributed by atoms with Crippen LogP contribution in [0.25, 0.3) is 0 Å². The quantitative estimate of drug-likeness (QED) is 0.343. The van der Waals surface area contributed by atoms with Gasteiger partial charge in [0.15, 0.2) is 0 Å². The first-order valence-electron chi connectivity index (χ1n) is 3.68. The van der Waals surface area contributed by atoms with E-state index in [1.54, 1.807) is 0 Å². The van der Waals surface area contributed by atoms with Crippen LogP contribution in [0.3, 0.4) is 0 Å². The first kappa shape index (κ1) is 7.98. The van der Waals surface area contributed by atoms with Crippen molar-refractivity contribution < 1.29 is 9.22 Å². The Labute approximate surface area is 62.6 Å². The molecule has 0 amide bonds. The second-order valence-electron chi connectivity index (χ2n) is 3.91. The predicted octanol–water partition coefficient (Wildman–Crippen LogP) is -0.0155. The summed E-state index contributed by atoms with van der Waals surface area (Å²) in [5, 5.41) is 3.30. The summed E-state index contributed by atoms with van der Waals surface area (Å²) in [6, 6.07) is 0. The van der Waals surface area contributed by atoms with E-state index in [0.717, 1.165) is 11.2 Å². The fourth-order valence-corrected chi connectivity index (χ4v) is 0.764. The first-order chi connectivity index (χ1) is 4.49. The van der Waals surface area contributed by atoms with Crippen LogP contribution in [0.1, 0.15) is 6.92 Å². The molecule has 1 heterocycles.